The number of nitrogens with one attached hydrogen (secondary N) is 2. The van der Waals surface area contributed by atoms with Crippen LogP contribution in [-0.2, 0) is 23.8 Å². The van der Waals surface area contributed by atoms with Gasteiger partial charge in [0.05, 0.1) is 24.4 Å². The normalized spacial score (nSPS) is 24.8. The highest BCUT2D eigenvalue weighted by Gasteiger charge is 2.31. The minimum absolute atomic E-state index is 0.102. The Morgan fingerprint density at radius 2 is 1.28 bits per heavy atom. The molecule has 0 aromatic rings. The van der Waals surface area contributed by atoms with Crippen molar-refractivity contribution in [1.82, 2.24) is 10.6 Å². The molecule has 0 saturated heterocycles. The van der Waals surface area contributed by atoms with Crippen LogP contribution in [-0.4, -0.2) is 62.3 Å². The lowest BCUT2D eigenvalue weighted by Crippen LogP contribution is -2.48. The first kappa shape index (κ1) is 31.8. The second-order valence-electron chi connectivity index (χ2n) is 11.2. The number of alkyl carbamates (subject to hydrolysis) is 2. The number of carbonyl (C=O) groups is 2. The summed E-state index contributed by atoms with van der Waals surface area (Å²) >= 11 is 0. The van der Waals surface area contributed by atoms with Crippen molar-refractivity contribution in [3.05, 3.63) is 10.4 Å². The van der Waals surface area contributed by atoms with Crippen LogP contribution in [0.4, 0.5) is 9.59 Å². The summed E-state index contributed by atoms with van der Waals surface area (Å²) in [4.78, 5) is 26.1. The molecule has 2 amide bonds. The number of hydrogen-bond donors (Lipinski definition) is 2. The number of amides is 2. The fourth-order valence-electron chi connectivity index (χ4n) is 4.00. The highest BCUT2D eigenvalue weighted by Crippen LogP contribution is 2.23. The zero-order chi connectivity index (χ0) is 27.6. The fraction of sp³-hybridized carbons (Fsp3) is 0.913. The molecule has 0 aliphatic heterocycles. The molecule has 2 aliphatic carbocycles. The van der Waals surface area contributed by atoms with Crippen LogP contribution in [0.5, 0.6) is 0 Å². The Labute approximate surface area is 214 Å². The van der Waals surface area contributed by atoms with Crippen LogP contribution in [0.25, 0.3) is 10.4 Å². The average Bonchev–Trinajstić information content (AvgIpc) is 2.68. The molecule has 0 heterocycles. The van der Waals surface area contributed by atoms with Crippen molar-refractivity contribution in [3.8, 4) is 0 Å². The molecule has 2 saturated carbocycles. The van der Waals surface area contributed by atoms with E-state index in [-0.39, 0.29) is 18.1 Å². The standard InChI is InChI=1S/C12H23NO5S.C11H20N4O2/c1-12(2,3)17-11(14)13-9-7-5-6-8-10(9)18-19(4,15)16;1-11(2,3)17-10(16)13-8-6-4-5-7-9(8)14-15-12/h9-10H,5-8H2,1-4H3,(H,13,14);8-9H,4-7H2,1-3H3,(H,13,16)/t9-,10-;8-,9+/m00/s1. The van der Waals surface area contributed by atoms with E-state index in [1.807, 2.05) is 20.8 Å². The summed E-state index contributed by atoms with van der Waals surface area (Å²) in [5.41, 5.74) is 7.39. The Balaban J connectivity index is 0.000000362. The molecule has 0 aromatic heterocycles. The molecule has 36 heavy (non-hydrogen) atoms. The predicted molar refractivity (Wildman–Crippen MR) is 136 cm³/mol. The Hall–Kier alpha value is -2.24. The van der Waals surface area contributed by atoms with Gasteiger partial charge in [-0.2, -0.15) is 8.42 Å². The fourth-order valence-corrected chi connectivity index (χ4v) is 4.68. The van der Waals surface area contributed by atoms with Crippen LogP contribution in [0.15, 0.2) is 5.11 Å². The molecule has 4 atom stereocenters. The van der Waals surface area contributed by atoms with Gasteiger partial charge in [-0.25, -0.2) is 9.59 Å². The third-order valence-electron chi connectivity index (χ3n) is 5.33. The third kappa shape index (κ3) is 14.4. The van der Waals surface area contributed by atoms with Gasteiger partial charge in [0.1, 0.15) is 11.2 Å². The minimum atomic E-state index is -3.52. The van der Waals surface area contributed by atoms with Gasteiger partial charge in [-0.15, -0.1) is 0 Å². The molecule has 12 nitrogen and oxygen atoms in total. The van der Waals surface area contributed by atoms with Crippen molar-refractivity contribution in [1.29, 1.82) is 0 Å². The molecule has 2 rings (SSSR count). The van der Waals surface area contributed by atoms with E-state index in [2.05, 4.69) is 20.7 Å². The predicted octanol–water partition coefficient (Wildman–Crippen LogP) is 4.93. The van der Waals surface area contributed by atoms with Crippen molar-refractivity contribution in [2.45, 2.75) is 128 Å². The summed E-state index contributed by atoms with van der Waals surface area (Å²) in [5, 5.41) is 9.21. The Bertz CT molecular complexity index is 876. The van der Waals surface area contributed by atoms with E-state index >= 15 is 0 Å². The zero-order valence-corrected chi connectivity index (χ0v) is 23.4. The number of hydrogen-bond acceptors (Lipinski definition) is 8. The van der Waals surface area contributed by atoms with E-state index in [0.717, 1.165) is 44.8 Å². The summed E-state index contributed by atoms with van der Waals surface area (Å²) in [6.07, 6.45) is 6.41. The molecular weight excluding hydrogens is 490 g/mol. The van der Waals surface area contributed by atoms with Crippen LogP contribution in [0.3, 0.4) is 0 Å². The zero-order valence-electron chi connectivity index (χ0n) is 22.6. The van der Waals surface area contributed by atoms with Gasteiger partial charge in [0.25, 0.3) is 10.1 Å². The van der Waals surface area contributed by atoms with Gasteiger partial charge < -0.3 is 20.1 Å². The van der Waals surface area contributed by atoms with E-state index in [1.54, 1.807) is 20.8 Å². The number of nitrogens with zero attached hydrogens (tertiary/aromatic N) is 3. The number of rotatable bonds is 5. The van der Waals surface area contributed by atoms with Gasteiger partial charge in [-0.1, -0.05) is 30.8 Å². The van der Waals surface area contributed by atoms with Crippen molar-refractivity contribution in [2.75, 3.05) is 6.26 Å². The molecule has 0 spiro atoms. The van der Waals surface area contributed by atoms with Crippen molar-refractivity contribution >= 4 is 22.3 Å². The van der Waals surface area contributed by atoms with Gasteiger partial charge >= 0.3 is 12.2 Å². The van der Waals surface area contributed by atoms with Crippen molar-refractivity contribution < 1.29 is 31.7 Å². The quantitative estimate of drug-likeness (QED) is 0.218. The Kier molecular flexibility index (Phi) is 12.3. The van der Waals surface area contributed by atoms with Gasteiger partial charge in [-0.3, -0.25) is 4.18 Å². The van der Waals surface area contributed by atoms with Crippen LogP contribution in [0.1, 0.15) is 92.9 Å². The molecule has 0 unspecified atom stereocenters. The monoisotopic (exact) mass is 533 g/mol. The molecular formula is C23H43N5O7S. The lowest BCUT2D eigenvalue weighted by Gasteiger charge is -2.31. The molecule has 13 heteroatoms. The minimum Gasteiger partial charge on any atom is -0.444 e. The van der Waals surface area contributed by atoms with E-state index in [4.69, 9.17) is 19.2 Å². The summed E-state index contributed by atoms with van der Waals surface area (Å²) < 4.78 is 37.8. The molecule has 208 valence electrons. The lowest BCUT2D eigenvalue weighted by molar-refractivity contribution is 0.0407. The number of azide groups is 1. The van der Waals surface area contributed by atoms with Gasteiger partial charge in [0.2, 0.25) is 0 Å². The van der Waals surface area contributed by atoms with Crippen LogP contribution in [0.2, 0.25) is 0 Å². The highest BCUT2D eigenvalue weighted by atomic mass is 32.2. The first-order valence-electron chi connectivity index (χ1n) is 12.4. The van der Waals surface area contributed by atoms with Crippen LogP contribution < -0.4 is 10.6 Å². The third-order valence-corrected chi connectivity index (χ3v) is 5.93. The van der Waals surface area contributed by atoms with Crippen molar-refractivity contribution in [2.24, 2.45) is 5.11 Å². The largest absolute Gasteiger partial charge is 0.444 e. The smallest absolute Gasteiger partial charge is 0.407 e. The molecule has 0 bridgehead atoms. The molecule has 0 aromatic carbocycles. The highest BCUT2D eigenvalue weighted by molar-refractivity contribution is 7.86. The first-order chi connectivity index (χ1) is 16.5. The average molecular weight is 534 g/mol. The van der Waals surface area contributed by atoms with E-state index < -0.39 is 39.6 Å². The maximum Gasteiger partial charge on any atom is 0.407 e. The van der Waals surface area contributed by atoms with E-state index in [9.17, 15) is 18.0 Å². The molecule has 0 radical (unpaired) electrons. The van der Waals surface area contributed by atoms with Gasteiger partial charge in [0.15, 0.2) is 0 Å². The first-order valence-corrected chi connectivity index (χ1v) is 14.2. The van der Waals surface area contributed by atoms with Gasteiger partial charge in [0, 0.05) is 11.0 Å². The van der Waals surface area contributed by atoms with Crippen molar-refractivity contribution in [3.63, 3.8) is 0 Å². The second kappa shape index (κ2) is 13.9. The van der Waals surface area contributed by atoms with E-state index in [1.165, 1.54) is 0 Å². The topological polar surface area (TPSA) is 169 Å². The second-order valence-corrected chi connectivity index (χ2v) is 12.8. The van der Waals surface area contributed by atoms with Crippen LogP contribution in [0, 0.1) is 0 Å². The Morgan fingerprint density at radius 1 is 0.833 bits per heavy atom. The Morgan fingerprint density at radius 3 is 1.75 bits per heavy atom. The SMILES string of the molecule is CC(C)(C)OC(=O)N[C@H]1CCCC[C@@H]1OS(C)(=O)=O.CC(C)(C)OC(=O)N[C@H]1CCCC[C@H]1N=[N+]=[N-]. The summed E-state index contributed by atoms with van der Waals surface area (Å²) in [5.74, 6) is 0. The maximum atomic E-state index is 11.7. The van der Waals surface area contributed by atoms with Crippen LogP contribution >= 0.6 is 0 Å². The summed E-state index contributed by atoms with van der Waals surface area (Å²) in [6.45, 7) is 10.8. The van der Waals surface area contributed by atoms with Gasteiger partial charge in [-0.05, 0) is 72.8 Å². The molecule has 2 fully saturated rings. The lowest BCUT2D eigenvalue weighted by atomic mass is 9.91. The number of ether oxygens (including phenoxy) is 2. The summed E-state index contributed by atoms with van der Waals surface area (Å²) in [7, 11) is -3.52. The summed E-state index contributed by atoms with van der Waals surface area (Å²) in [6, 6.07) is -0.575. The molecule has 2 N–H and O–H groups in total. The van der Waals surface area contributed by atoms with E-state index in [0.29, 0.717) is 12.8 Å². The molecule has 2 aliphatic rings. The number of carbonyl (C=O) groups excluding carboxylic acids is 2. The maximum absolute atomic E-state index is 11.7.